The maximum atomic E-state index is 9.46. The number of aliphatic hydroxyl groups is 1. The molecule has 0 amide bonds. The molecule has 1 atom stereocenters. The zero-order valence-corrected chi connectivity index (χ0v) is 9.48. The molecular formula is C12H14OS. The lowest BCUT2D eigenvalue weighted by Gasteiger charge is -2.03. The minimum atomic E-state index is -0.373. The first kappa shape index (κ1) is 9.69. The molecule has 2 aromatic rings. The van der Waals surface area contributed by atoms with Crippen molar-refractivity contribution in [1.29, 1.82) is 0 Å². The first-order chi connectivity index (χ1) is 6.59. The van der Waals surface area contributed by atoms with Crippen LogP contribution in [0, 0.1) is 13.8 Å². The quantitative estimate of drug-likeness (QED) is 0.756. The number of aliphatic hydroxyl groups excluding tert-OH is 1. The molecule has 0 saturated carbocycles. The second kappa shape index (κ2) is 3.37. The summed E-state index contributed by atoms with van der Waals surface area (Å²) in [6, 6.07) is 6.20. The highest BCUT2D eigenvalue weighted by Crippen LogP contribution is 2.31. The maximum absolute atomic E-state index is 9.46. The summed E-state index contributed by atoms with van der Waals surface area (Å²) in [4.78, 5) is 1.36. The second-order valence-electron chi connectivity index (χ2n) is 3.71. The number of rotatable bonds is 1. The van der Waals surface area contributed by atoms with Gasteiger partial charge >= 0.3 is 0 Å². The Balaban J connectivity index is 2.67. The zero-order valence-electron chi connectivity index (χ0n) is 8.66. The van der Waals surface area contributed by atoms with Gasteiger partial charge in [-0.3, -0.25) is 0 Å². The monoisotopic (exact) mass is 206 g/mol. The van der Waals surface area contributed by atoms with E-state index >= 15 is 0 Å². The molecule has 0 bridgehead atoms. The standard InChI is InChI=1S/C12H14OS/c1-7-9(3)14-12-6-10(8(2)13)4-5-11(7)12/h4-6,8,13H,1-3H3. The van der Waals surface area contributed by atoms with Crippen LogP contribution in [0.1, 0.15) is 29.0 Å². The first-order valence-corrected chi connectivity index (χ1v) is 5.59. The summed E-state index contributed by atoms with van der Waals surface area (Å²) in [6.45, 7) is 6.09. The number of hydrogen-bond donors (Lipinski definition) is 1. The van der Waals surface area contributed by atoms with E-state index in [0.29, 0.717) is 0 Å². The topological polar surface area (TPSA) is 20.2 Å². The molecular weight excluding hydrogens is 192 g/mol. The molecule has 0 aliphatic rings. The van der Waals surface area contributed by atoms with Gasteiger partial charge in [0, 0.05) is 9.58 Å². The van der Waals surface area contributed by atoms with E-state index in [1.54, 1.807) is 18.3 Å². The predicted octanol–water partition coefficient (Wildman–Crippen LogP) is 3.57. The summed E-state index contributed by atoms with van der Waals surface area (Å²) in [5.74, 6) is 0. The van der Waals surface area contributed by atoms with Crippen LogP contribution in [0.15, 0.2) is 18.2 Å². The summed E-state index contributed by atoms with van der Waals surface area (Å²) in [7, 11) is 0. The van der Waals surface area contributed by atoms with Crippen molar-refractivity contribution in [2.75, 3.05) is 0 Å². The van der Waals surface area contributed by atoms with Crippen molar-refractivity contribution in [3.8, 4) is 0 Å². The van der Waals surface area contributed by atoms with Gasteiger partial charge in [-0.2, -0.15) is 0 Å². The van der Waals surface area contributed by atoms with E-state index < -0.39 is 0 Å². The Morgan fingerprint density at radius 2 is 2.00 bits per heavy atom. The van der Waals surface area contributed by atoms with Crippen LogP contribution in [-0.4, -0.2) is 5.11 Å². The van der Waals surface area contributed by atoms with Gasteiger partial charge in [0.1, 0.15) is 0 Å². The van der Waals surface area contributed by atoms with Gasteiger partial charge in [0.05, 0.1) is 6.10 Å². The third-order valence-corrected chi connectivity index (χ3v) is 3.85. The predicted molar refractivity (Wildman–Crippen MR) is 61.9 cm³/mol. The molecule has 0 spiro atoms. The van der Waals surface area contributed by atoms with E-state index in [0.717, 1.165) is 5.56 Å². The lowest BCUT2D eigenvalue weighted by molar-refractivity contribution is 0.199. The summed E-state index contributed by atoms with van der Waals surface area (Å²) < 4.78 is 1.28. The SMILES string of the molecule is Cc1sc2cc(C(C)O)ccc2c1C. The summed E-state index contributed by atoms with van der Waals surface area (Å²) >= 11 is 1.80. The Hall–Kier alpha value is -0.860. The van der Waals surface area contributed by atoms with E-state index in [-0.39, 0.29) is 6.10 Å². The van der Waals surface area contributed by atoms with Gasteiger partial charge in [-0.25, -0.2) is 0 Å². The fraction of sp³-hybridized carbons (Fsp3) is 0.333. The van der Waals surface area contributed by atoms with Crippen LogP contribution in [0.5, 0.6) is 0 Å². The number of hydrogen-bond acceptors (Lipinski definition) is 2. The molecule has 0 aliphatic carbocycles. The highest BCUT2D eigenvalue weighted by atomic mass is 32.1. The second-order valence-corrected chi connectivity index (χ2v) is 4.97. The Morgan fingerprint density at radius 3 is 2.64 bits per heavy atom. The van der Waals surface area contributed by atoms with Crippen LogP contribution in [0.4, 0.5) is 0 Å². The van der Waals surface area contributed by atoms with Crippen molar-refractivity contribution < 1.29 is 5.11 Å². The molecule has 0 aliphatic heterocycles. The van der Waals surface area contributed by atoms with E-state index in [4.69, 9.17) is 0 Å². The van der Waals surface area contributed by atoms with Crippen LogP contribution in [0.25, 0.3) is 10.1 Å². The molecule has 0 radical (unpaired) electrons. The molecule has 0 fully saturated rings. The summed E-state index contributed by atoms with van der Waals surface area (Å²) in [5.41, 5.74) is 2.36. The molecule has 1 aromatic heterocycles. The average Bonchev–Trinajstić information content (AvgIpc) is 2.42. The van der Waals surface area contributed by atoms with Crippen molar-refractivity contribution >= 4 is 21.4 Å². The van der Waals surface area contributed by atoms with Crippen molar-refractivity contribution in [3.05, 3.63) is 34.2 Å². The summed E-state index contributed by atoms with van der Waals surface area (Å²) in [5, 5.41) is 10.8. The van der Waals surface area contributed by atoms with Crippen molar-refractivity contribution in [2.45, 2.75) is 26.9 Å². The minimum absolute atomic E-state index is 0.373. The third-order valence-electron chi connectivity index (χ3n) is 2.68. The maximum Gasteiger partial charge on any atom is 0.0762 e. The van der Waals surface area contributed by atoms with Gasteiger partial charge < -0.3 is 5.11 Å². The molecule has 14 heavy (non-hydrogen) atoms. The lowest BCUT2D eigenvalue weighted by Crippen LogP contribution is -1.89. The number of fused-ring (bicyclic) bond motifs is 1. The highest BCUT2D eigenvalue weighted by Gasteiger charge is 2.07. The Bertz CT molecular complexity index is 468. The molecule has 1 N–H and O–H groups in total. The Labute approximate surface area is 88.0 Å². The molecule has 0 saturated heterocycles. The van der Waals surface area contributed by atoms with Gasteiger partial charge in [-0.15, -0.1) is 11.3 Å². The van der Waals surface area contributed by atoms with Crippen molar-refractivity contribution in [3.63, 3.8) is 0 Å². The van der Waals surface area contributed by atoms with E-state index in [2.05, 4.69) is 26.0 Å². The first-order valence-electron chi connectivity index (χ1n) is 4.77. The number of thiophene rings is 1. The smallest absolute Gasteiger partial charge is 0.0762 e. The highest BCUT2D eigenvalue weighted by molar-refractivity contribution is 7.19. The molecule has 74 valence electrons. The fourth-order valence-electron chi connectivity index (χ4n) is 1.62. The Kier molecular flexibility index (Phi) is 2.33. The number of aryl methyl sites for hydroxylation is 2. The normalized spacial score (nSPS) is 13.4. The van der Waals surface area contributed by atoms with Crippen LogP contribution < -0.4 is 0 Å². The molecule has 1 aromatic carbocycles. The molecule has 2 rings (SSSR count). The van der Waals surface area contributed by atoms with Crippen LogP contribution >= 0.6 is 11.3 Å². The minimum Gasteiger partial charge on any atom is -0.389 e. The molecule has 2 heteroatoms. The van der Waals surface area contributed by atoms with Gasteiger partial charge in [0.15, 0.2) is 0 Å². The zero-order chi connectivity index (χ0) is 10.3. The largest absolute Gasteiger partial charge is 0.389 e. The van der Waals surface area contributed by atoms with Crippen molar-refractivity contribution in [1.82, 2.24) is 0 Å². The number of benzene rings is 1. The van der Waals surface area contributed by atoms with E-state index in [9.17, 15) is 5.11 Å². The molecule has 1 nitrogen and oxygen atoms in total. The van der Waals surface area contributed by atoms with Gasteiger partial charge in [-0.1, -0.05) is 12.1 Å². The Morgan fingerprint density at radius 1 is 1.29 bits per heavy atom. The van der Waals surface area contributed by atoms with Crippen LogP contribution in [0.3, 0.4) is 0 Å². The van der Waals surface area contributed by atoms with Crippen molar-refractivity contribution in [2.24, 2.45) is 0 Å². The van der Waals surface area contributed by atoms with Gasteiger partial charge in [0.2, 0.25) is 0 Å². The van der Waals surface area contributed by atoms with E-state index in [1.807, 2.05) is 6.07 Å². The molecule has 1 unspecified atom stereocenters. The summed E-state index contributed by atoms with van der Waals surface area (Å²) in [6.07, 6.45) is -0.373. The molecule has 1 heterocycles. The van der Waals surface area contributed by atoms with E-state index in [1.165, 1.54) is 20.5 Å². The average molecular weight is 206 g/mol. The third kappa shape index (κ3) is 1.45. The van der Waals surface area contributed by atoms with Gasteiger partial charge in [-0.05, 0) is 43.4 Å². The lowest BCUT2D eigenvalue weighted by atomic mass is 10.1. The van der Waals surface area contributed by atoms with Crippen LogP contribution in [0.2, 0.25) is 0 Å². The fourth-order valence-corrected chi connectivity index (χ4v) is 2.74. The van der Waals surface area contributed by atoms with Gasteiger partial charge in [0.25, 0.3) is 0 Å². The van der Waals surface area contributed by atoms with Crippen LogP contribution in [-0.2, 0) is 0 Å².